The highest BCUT2D eigenvalue weighted by Crippen LogP contribution is 2.17. The van der Waals surface area contributed by atoms with Gasteiger partial charge in [0.25, 0.3) is 5.91 Å². The van der Waals surface area contributed by atoms with E-state index in [0.717, 1.165) is 22.4 Å². The van der Waals surface area contributed by atoms with E-state index in [2.05, 4.69) is 26.7 Å². The van der Waals surface area contributed by atoms with Crippen molar-refractivity contribution in [2.45, 2.75) is 20.4 Å². The van der Waals surface area contributed by atoms with Crippen LogP contribution in [0.4, 0.5) is 11.6 Å². The number of nitrogens with one attached hydrogen (secondary N) is 2. The van der Waals surface area contributed by atoms with Gasteiger partial charge in [-0.25, -0.2) is 9.97 Å². The Kier molecular flexibility index (Phi) is 5.04. The first-order valence-electron chi connectivity index (χ1n) is 8.10. The Balaban J connectivity index is 1.69. The molecule has 5 nitrogen and oxygen atoms in total. The average molecular weight is 332 g/mol. The van der Waals surface area contributed by atoms with Gasteiger partial charge in [0.15, 0.2) is 0 Å². The first kappa shape index (κ1) is 16.6. The van der Waals surface area contributed by atoms with Gasteiger partial charge in [0.1, 0.15) is 5.69 Å². The predicted molar refractivity (Wildman–Crippen MR) is 98.8 cm³/mol. The highest BCUT2D eigenvalue weighted by molar-refractivity contribution is 5.92. The number of carbonyl (C=O) groups is 1. The summed E-state index contributed by atoms with van der Waals surface area (Å²) >= 11 is 0. The highest BCUT2D eigenvalue weighted by atomic mass is 16.1. The van der Waals surface area contributed by atoms with Gasteiger partial charge in [-0.2, -0.15) is 0 Å². The summed E-state index contributed by atoms with van der Waals surface area (Å²) in [6, 6.07) is 17.5. The van der Waals surface area contributed by atoms with Gasteiger partial charge in [-0.3, -0.25) is 4.79 Å². The molecule has 1 amide bonds. The van der Waals surface area contributed by atoms with Gasteiger partial charge in [-0.1, -0.05) is 36.4 Å². The second-order valence-corrected chi connectivity index (χ2v) is 5.94. The van der Waals surface area contributed by atoms with E-state index >= 15 is 0 Å². The maximum Gasteiger partial charge on any atom is 0.270 e. The number of hydrogen-bond acceptors (Lipinski definition) is 4. The highest BCUT2D eigenvalue weighted by Gasteiger charge is 2.09. The van der Waals surface area contributed by atoms with Gasteiger partial charge in [-0.15, -0.1) is 0 Å². The van der Waals surface area contributed by atoms with Crippen molar-refractivity contribution in [1.29, 1.82) is 0 Å². The Morgan fingerprint density at radius 3 is 2.44 bits per heavy atom. The van der Waals surface area contributed by atoms with Crippen molar-refractivity contribution >= 4 is 17.5 Å². The van der Waals surface area contributed by atoms with Crippen LogP contribution in [-0.2, 0) is 6.54 Å². The lowest BCUT2D eigenvalue weighted by molar-refractivity contribution is 0.0946. The van der Waals surface area contributed by atoms with E-state index in [1.807, 2.05) is 56.3 Å². The second kappa shape index (κ2) is 7.57. The molecule has 5 heteroatoms. The Hall–Kier alpha value is -3.21. The van der Waals surface area contributed by atoms with E-state index in [1.54, 1.807) is 12.3 Å². The van der Waals surface area contributed by atoms with Crippen LogP contribution in [0.2, 0.25) is 0 Å². The number of anilines is 2. The molecule has 0 aliphatic carbocycles. The molecule has 3 rings (SSSR count). The van der Waals surface area contributed by atoms with Gasteiger partial charge in [-0.05, 0) is 48.7 Å². The third-order valence-electron chi connectivity index (χ3n) is 3.66. The third kappa shape index (κ3) is 4.64. The third-order valence-corrected chi connectivity index (χ3v) is 3.66. The van der Waals surface area contributed by atoms with Gasteiger partial charge in [0, 0.05) is 18.4 Å². The van der Waals surface area contributed by atoms with Crippen molar-refractivity contribution in [3.63, 3.8) is 0 Å². The van der Waals surface area contributed by atoms with E-state index in [4.69, 9.17) is 0 Å². The van der Waals surface area contributed by atoms with Crippen LogP contribution in [0.5, 0.6) is 0 Å². The fourth-order valence-electron chi connectivity index (χ4n) is 2.59. The zero-order chi connectivity index (χ0) is 17.6. The molecule has 2 N–H and O–H groups in total. The number of rotatable bonds is 5. The fourth-order valence-corrected chi connectivity index (χ4v) is 2.59. The number of amides is 1. The Bertz CT molecular complexity index is 858. The summed E-state index contributed by atoms with van der Waals surface area (Å²) in [5.74, 6) is 0.173. The van der Waals surface area contributed by atoms with E-state index in [0.29, 0.717) is 18.2 Å². The first-order valence-corrected chi connectivity index (χ1v) is 8.10. The average Bonchev–Trinajstić information content (AvgIpc) is 2.60. The molecule has 2 aromatic carbocycles. The summed E-state index contributed by atoms with van der Waals surface area (Å²) in [5.41, 5.74) is 4.58. The molecular weight excluding hydrogens is 312 g/mol. The molecule has 126 valence electrons. The minimum atomic E-state index is -0.227. The summed E-state index contributed by atoms with van der Waals surface area (Å²) in [7, 11) is 0. The van der Waals surface area contributed by atoms with E-state index in [9.17, 15) is 4.79 Å². The topological polar surface area (TPSA) is 66.9 Å². The lowest BCUT2D eigenvalue weighted by atomic mass is 10.1. The fraction of sp³-hybridized carbons (Fsp3) is 0.150. The number of carbonyl (C=O) groups excluding carboxylic acids is 1. The quantitative estimate of drug-likeness (QED) is 0.746. The molecule has 3 aromatic rings. The van der Waals surface area contributed by atoms with Gasteiger partial charge in [0.2, 0.25) is 5.95 Å². The van der Waals surface area contributed by atoms with Crippen LogP contribution in [0, 0.1) is 13.8 Å². The molecule has 1 heterocycles. The number of nitrogens with zero attached hydrogens (tertiary/aromatic N) is 2. The molecule has 0 aliphatic heterocycles. The molecule has 0 bridgehead atoms. The summed E-state index contributed by atoms with van der Waals surface area (Å²) in [4.78, 5) is 20.8. The smallest absolute Gasteiger partial charge is 0.270 e. The molecule has 0 spiro atoms. The largest absolute Gasteiger partial charge is 0.347 e. The molecule has 0 saturated carbocycles. The number of hydrogen-bond donors (Lipinski definition) is 2. The van der Waals surface area contributed by atoms with Crippen molar-refractivity contribution in [2.24, 2.45) is 0 Å². The zero-order valence-corrected chi connectivity index (χ0v) is 14.3. The molecule has 0 radical (unpaired) electrons. The van der Waals surface area contributed by atoms with Crippen LogP contribution in [0.1, 0.15) is 27.2 Å². The Labute approximate surface area is 147 Å². The Morgan fingerprint density at radius 1 is 1.00 bits per heavy atom. The van der Waals surface area contributed by atoms with Crippen LogP contribution < -0.4 is 10.6 Å². The Morgan fingerprint density at radius 2 is 1.72 bits per heavy atom. The number of aryl methyl sites for hydroxylation is 2. The van der Waals surface area contributed by atoms with Crippen molar-refractivity contribution in [3.8, 4) is 0 Å². The molecule has 25 heavy (non-hydrogen) atoms. The maximum atomic E-state index is 12.3. The lowest BCUT2D eigenvalue weighted by Crippen LogP contribution is -2.24. The first-order chi connectivity index (χ1) is 12.1. The van der Waals surface area contributed by atoms with Crippen LogP contribution in [0.25, 0.3) is 0 Å². The number of benzene rings is 2. The zero-order valence-electron chi connectivity index (χ0n) is 14.3. The van der Waals surface area contributed by atoms with Crippen LogP contribution >= 0.6 is 0 Å². The summed E-state index contributed by atoms with van der Waals surface area (Å²) in [6.45, 7) is 4.53. The van der Waals surface area contributed by atoms with E-state index < -0.39 is 0 Å². The van der Waals surface area contributed by atoms with E-state index in [-0.39, 0.29) is 5.91 Å². The van der Waals surface area contributed by atoms with Gasteiger partial charge < -0.3 is 10.6 Å². The molecule has 0 saturated heterocycles. The lowest BCUT2D eigenvalue weighted by Gasteiger charge is -2.09. The van der Waals surface area contributed by atoms with Crippen molar-refractivity contribution in [3.05, 3.63) is 83.2 Å². The van der Waals surface area contributed by atoms with Crippen LogP contribution in [-0.4, -0.2) is 15.9 Å². The van der Waals surface area contributed by atoms with Crippen LogP contribution in [0.3, 0.4) is 0 Å². The molecule has 0 fully saturated rings. The summed E-state index contributed by atoms with van der Waals surface area (Å²) in [5, 5.41) is 6.02. The van der Waals surface area contributed by atoms with Crippen molar-refractivity contribution in [2.75, 3.05) is 5.32 Å². The predicted octanol–water partition coefficient (Wildman–Crippen LogP) is 3.77. The van der Waals surface area contributed by atoms with E-state index in [1.165, 1.54) is 0 Å². The van der Waals surface area contributed by atoms with Crippen LogP contribution in [0.15, 0.2) is 60.8 Å². The maximum absolute atomic E-state index is 12.3. The molecule has 0 aliphatic rings. The molecule has 1 aromatic heterocycles. The second-order valence-electron chi connectivity index (χ2n) is 5.94. The summed E-state index contributed by atoms with van der Waals surface area (Å²) in [6.07, 6.45) is 1.58. The molecular formula is C20H20N4O. The van der Waals surface area contributed by atoms with Gasteiger partial charge in [0.05, 0.1) is 0 Å². The number of aromatic nitrogens is 2. The van der Waals surface area contributed by atoms with Crippen molar-refractivity contribution < 1.29 is 4.79 Å². The minimum Gasteiger partial charge on any atom is -0.347 e. The monoisotopic (exact) mass is 332 g/mol. The molecule has 0 unspecified atom stereocenters. The summed E-state index contributed by atoms with van der Waals surface area (Å²) < 4.78 is 0. The standard InChI is InChI=1S/C20H20N4O/c1-14-10-15(2)12-17(11-14)23-20-21-9-8-18(24-20)19(25)22-13-16-6-4-3-5-7-16/h3-12H,13H2,1-2H3,(H,22,25)(H,21,23,24). The minimum absolute atomic E-state index is 0.227. The molecule has 0 atom stereocenters. The SMILES string of the molecule is Cc1cc(C)cc(Nc2nccc(C(=O)NCc3ccccc3)n2)c1. The van der Waals surface area contributed by atoms with Crippen molar-refractivity contribution in [1.82, 2.24) is 15.3 Å². The van der Waals surface area contributed by atoms with Gasteiger partial charge >= 0.3 is 0 Å². The normalized spacial score (nSPS) is 10.3.